The van der Waals surface area contributed by atoms with Crippen molar-refractivity contribution in [3.05, 3.63) is 62.9 Å². The predicted molar refractivity (Wildman–Crippen MR) is 102 cm³/mol. The highest BCUT2D eigenvalue weighted by Gasteiger charge is 2.25. The van der Waals surface area contributed by atoms with Crippen molar-refractivity contribution in [3.63, 3.8) is 0 Å². The van der Waals surface area contributed by atoms with Gasteiger partial charge in [0.05, 0.1) is 15.4 Å². The van der Waals surface area contributed by atoms with Gasteiger partial charge >= 0.3 is 0 Å². The third-order valence-electron chi connectivity index (χ3n) is 4.52. The molecule has 28 heavy (non-hydrogen) atoms. The SMILES string of the molecule is O=C1CCCc2oc3ccc(NS(=O)(=O)c4ccc(Cl)c([N+](=O)[O-])c4)cc3c21. The second-order valence-electron chi connectivity index (χ2n) is 6.36. The van der Waals surface area contributed by atoms with Gasteiger partial charge < -0.3 is 4.42 Å². The molecule has 0 fully saturated rings. The Hall–Kier alpha value is -2.91. The van der Waals surface area contributed by atoms with Crippen LogP contribution < -0.4 is 4.72 Å². The number of hydrogen-bond donors (Lipinski definition) is 1. The van der Waals surface area contributed by atoms with E-state index in [1.807, 2.05) is 0 Å². The summed E-state index contributed by atoms with van der Waals surface area (Å²) >= 11 is 5.74. The zero-order chi connectivity index (χ0) is 20.1. The third-order valence-corrected chi connectivity index (χ3v) is 6.22. The molecule has 0 spiro atoms. The van der Waals surface area contributed by atoms with Crippen LogP contribution in [-0.2, 0) is 16.4 Å². The van der Waals surface area contributed by atoms with Crippen LogP contribution in [0.3, 0.4) is 0 Å². The van der Waals surface area contributed by atoms with E-state index < -0.39 is 20.6 Å². The number of benzene rings is 2. The number of nitro benzene ring substituents is 1. The van der Waals surface area contributed by atoms with E-state index in [0.29, 0.717) is 35.1 Å². The average Bonchev–Trinajstić information content (AvgIpc) is 3.00. The van der Waals surface area contributed by atoms with Gasteiger partial charge in [0.2, 0.25) is 0 Å². The minimum atomic E-state index is -4.10. The van der Waals surface area contributed by atoms with Gasteiger partial charge in [-0.15, -0.1) is 0 Å². The molecule has 0 bridgehead atoms. The molecule has 10 heteroatoms. The summed E-state index contributed by atoms with van der Waals surface area (Å²) in [4.78, 5) is 22.2. The van der Waals surface area contributed by atoms with Gasteiger partial charge in [-0.2, -0.15) is 0 Å². The largest absolute Gasteiger partial charge is 0.460 e. The van der Waals surface area contributed by atoms with Crippen LogP contribution in [0.4, 0.5) is 11.4 Å². The van der Waals surface area contributed by atoms with E-state index in [9.17, 15) is 23.3 Å². The lowest BCUT2D eigenvalue weighted by atomic mass is 9.94. The fourth-order valence-corrected chi connectivity index (χ4v) is 4.50. The Morgan fingerprint density at radius 2 is 1.93 bits per heavy atom. The maximum absolute atomic E-state index is 12.6. The summed E-state index contributed by atoms with van der Waals surface area (Å²) in [5.41, 5.74) is 0.705. The first-order valence-corrected chi connectivity index (χ1v) is 10.2. The van der Waals surface area contributed by atoms with Crippen LogP contribution in [0.1, 0.15) is 29.0 Å². The highest BCUT2D eigenvalue weighted by molar-refractivity contribution is 7.92. The minimum Gasteiger partial charge on any atom is -0.460 e. The number of hydrogen-bond acceptors (Lipinski definition) is 6. The standard InChI is InChI=1S/C18H13ClN2O6S/c19-13-6-5-11(9-14(13)21(23)24)28(25,26)20-10-4-7-16-12(8-10)18-15(22)2-1-3-17(18)27-16/h4-9,20H,1-3H2. The molecule has 2 aromatic carbocycles. The summed E-state index contributed by atoms with van der Waals surface area (Å²) in [6.07, 6.45) is 1.80. The van der Waals surface area contributed by atoms with Crippen LogP contribution >= 0.6 is 11.6 Å². The van der Waals surface area contributed by atoms with E-state index in [0.717, 1.165) is 18.6 Å². The van der Waals surface area contributed by atoms with E-state index in [-0.39, 0.29) is 21.4 Å². The second kappa shape index (κ2) is 6.61. The van der Waals surface area contributed by atoms with E-state index in [1.54, 1.807) is 6.07 Å². The molecule has 0 unspecified atom stereocenters. The van der Waals surface area contributed by atoms with Crippen LogP contribution in [0.15, 0.2) is 45.7 Å². The first-order chi connectivity index (χ1) is 13.3. The number of ketones is 1. The highest BCUT2D eigenvalue weighted by atomic mass is 35.5. The highest BCUT2D eigenvalue weighted by Crippen LogP contribution is 2.34. The Morgan fingerprint density at radius 3 is 2.68 bits per heavy atom. The molecule has 144 valence electrons. The lowest BCUT2D eigenvalue weighted by Crippen LogP contribution is -2.13. The number of fused-ring (bicyclic) bond motifs is 3. The number of nitro groups is 1. The Kier molecular flexibility index (Phi) is 4.35. The Bertz CT molecular complexity index is 1250. The maximum Gasteiger partial charge on any atom is 0.289 e. The number of carbonyl (C=O) groups is 1. The molecule has 4 rings (SSSR count). The van der Waals surface area contributed by atoms with Crippen molar-refractivity contribution in [3.8, 4) is 0 Å². The molecule has 0 amide bonds. The van der Waals surface area contributed by atoms with Gasteiger partial charge in [-0.05, 0) is 36.8 Å². The number of furan rings is 1. The molecule has 1 heterocycles. The van der Waals surface area contributed by atoms with Crippen LogP contribution in [-0.4, -0.2) is 19.1 Å². The number of anilines is 1. The van der Waals surface area contributed by atoms with Crippen molar-refractivity contribution in [2.45, 2.75) is 24.2 Å². The molecule has 0 saturated carbocycles. The van der Waals surface area contributed by atoms with Gasteiger partial charge in [-0.1, -0.05) is 11.6 Å². The fourth-order valence-electron chi connectivity index (χ4n) is 3.24. The predicted octanol–water partition coefficient (Wildman–Crippen LogP) is 4.31. The number of nitrogens with zero attached hydrogens (tertiary/aromatic N) is 1. The Balaban J connectivity index is 1.73. The molecule has 0 aliphatic heterocycles. The molecule has 0 radical (unpaired) electrons. The normalized spacial score (nSPS) is 14.1. The topological polar surface area (TPSA) is 120 Å². The molecule has 0 atom stereocenters. The zero-order valence-corrected chi connectivity index (χ0v) is 15.8. The minimum absolute atomic E-state index is 0.0340. The molecule has 1 aromatic heterocycles. The van der Waals surface area contributed by atoms with Crippen molar-refractivity contribution in [1.82, 2.24) is 0 Å². The summed E-state index contributed by atoms with van der Waals surface area (Å²) in [5, 5.41) is 11.4. The fraction of sp³-hybridized carbons (Fsp3) is 0.167. The third kappa shape index (κ3) is 3.12. The summed E-state index contributed by atoms with van der Waals surface area (Å²) in [6, 6.07) is 7.85. The van der Waals surface area contributed by atoms with Gasteiger partial charge in [0.15, 0.2) is 5.78 Å². The van der Waals surface area contributed by atoms with Crippen LogP contribution in [0.25, 0.3) is 11.0 Å². The maximum atomic E-state index is 12.6. The average molecular weight is 421 g/mol. The van der Waals surface area contributed by atoms with Crippen molar-refractivity contribution >= 4 is 49.8 Å². The number of halogens is 1. The van der Waals surface area contributed by atoms with Crippen molar-refractivity contribution < 1.29 is 22.6 Å². The van der Waals surface area contributed by atoms with Crippen LogP contribution in [0.5, 0.6) is 0 Å². The number of aryl methyl sites for hydroxylation is 1. The number of rotatable bonds is 4. The number of Topliss-reactive ketones (excluding diaryl/α,β-unsaturated/α-hetero) is 1. The molecule has 1 aliphatic carbocycles. The van der Waals surface area contributed by atoms with Gasteiger partial charge in [0.25, 0.3) is 15.7 Å². The first kappa shape index (κ1) is 18.5. The van der Waals surface area contributed by atoms with Crippen molar-refractivity contribution in [2.75, 3.05) is 4.72 Å². The zero-order valence-electron chi connectivity index (χ0n) is 14.3. The van der Waals surface area contributed by atoms with Crippen LogP contribution in [0.2, 0.25) is 5.02 Å². The molecule has 3 aromatic rings. The number of nitrogens with one attached hydrogen (secondary N) is 1. The van der Waals surface area contributed by atoms with Gasteiger partial charge in [-0.3, -0.25) is 19.6 Å². The van der Waals surface area contributed by atoms with E-state index >= 15 is 0 Å². The van der Waals surface area contributed by atoms with Crippen LogP contribution in [0, 0.1) is 10.1 Å². The monoisotopic (exact) mass is 420 g/mol. The second-order valence-corrected chi connectivity index (χ2v) is 8.45. The van der Waals surface area contributed by atoms with Crippen molar-refractivity contribution in [2.24, 2.45) is 0 Å². The molecular weight excluding hydrogens is 408 g/mol. The summed E-state index contributed by atoms with van der Waals surface area (Å²) in [6.45, 7) is 0. The Morgan fingerprint density at radius 1 is 1.14 bits per heavy atom. The lowest BCUT2D eigenvalue weighted by molar-refractivity contribution is -0.384. The molecule has 1 aliphatic rings. The molecule has 0 saturated heterocycles. The quantitative estimate of drug-likeness (QED) is 0.496. The first-order valence-electron chi connectivity index (χ1n) is 8.31. The molecule has 8 nitrogen and oxygen atoms in total. The number of sulfonamides is 1. The van der Waals surface area contributed by atoms with E-state index in [4.69, 9.17) is 16.0 Å². The Labute approximate surface area is 164 Å². The summed E-state index contributed by atoms with van der Waals surface area (Å²) < 4.78 is 33.4. The van der Waals surface area contributed by atoms with Crippen molar-refractivity contribution in [1.29, 1.82) is 0 Å². The summed E-state index contributed by atoms with van der Waals surface area (Å²) in [7, 11) is -4.10. The molecular formula is C18H13ClN2O6S. The smallest absolute Gasteiger partial charge is 0.289 e. The number of carbonyl (C=O) groups excluding carboxylic acids is 1. The van der Waals surface area contributed by atoms with Gasteiger partial charge in [0.1, 0.15) is 16.4 Å². The van der Waals surface area contributed by atoms with E-state index in [2.05, 4.69) is 4.72 Å². The van der Waals surface area contributed by atoms with Gasteiger partial charge in [0, 0.05) is 30.0 Å². The molecule has 1 N–H and O–H groups in total. The summed E-state index contributed by atoms with van der Waals surface area (Å²) in [5.74, 6) is 0.577. The van der Waals surface area contributed by atoms with Gasteiger partial charge in [-0.25, -0.2) is 8.42 Å². The van der Waals surface area contributed by atoms with E-state index in [1.165, 1.54) is 18.2 Å². The lowest BCUT2D eigenvalue weighted by Gasteiger charge is -2.10.